The fraction of sp³-hybridized carbons (Fsp3) is 0.538. The minimum absolute atomic E-state index is 0.296. The van der Waals surface area contributed by atoms with Crippen molar-refractivity contribution in [3.63, 3.8) is 0 Å². The molecule has 0 spiro atoms. The maximum Gasteiger partial charge on any atom is 0.320 e. The van der Waals surface area contributed by atoms with Crippen molar-refractivity contribution >= 4 is 11.8 Å². The highest BCUT2D eigenvalue weighted by Gasteiger charge is 2.05. The van der Waals surface area contributed by atoms with E-state index in [1.807, 2.05) is 32.9 Å². The number of pyridine rings is 1. The quantitative estimate of drug-likeness (QED) is 0.749. The van der Waals surface area contributed by atoms with Gasteiger partial charge in [0.15, 0.2) is 0 Å². The van der Waals surface area contributed by atoms with E-state index in [1.54, 1.807) is 0 Å². The summed E-state index contributed by atoms with van der Waals surface area (Å²) in [6.07, 6.45) is 0.899. The summed E-state index contributed by atoms with van der Waals surface area (Å²) in [7, 11) is 0. The van der Waals surface area contributed by atoms with E-state index in [1.165, 1.54) is 0 Å². The van der Waals surface area contributed by atoms with Gasteiger partial charge >= 0.3 is 6.03 Å². The van der Waals surface area contributed by atoms with Crippen molar-refractivity contribution in [3.8, 4) is 0 Å². The summed E-state index contributed by atoms with van der Waals surface area (Å²) >= 11 is 0. The molecule has 100 valence electrons. The summed E-state index contributed by atoms with van der Waals surface area (Å²) in [4.78, 5) is 15.8. The third-order valence-corrected chi connectivity index (χ3v) is 2.57. The number of amides is 2. The Hall–Kier alpha value is -1.62. The minimum atomic E-state index is -0.357. The minimum Gasteiger partial charge on any atom is -0.393 e. The first-order chi connectivity index (χ1) is 8.51. The van der Waals surface area contributed by atoms with E-state index in [0.717, 1.165) is 11.3 Å². The molecule has 5 heteroatoms. The van der Waals surface area contributed by atoms with Gasteiger partial charge in [0.2, 0.25) is 0 Å². The van der Waals surface area contributed by atoms with E-state index < -0.39 is 0 Å². The van der Waals surface area contributed by atoms with Crippen LogP contribution in [0.3, 0.4) is 0 Å². The molecule has 1 aromatic heterocycles. The zero-order chi connectivity index (χ0) is 13.5. The van der Waals surface area contributed by atoms with E-state index in [0.29, 0.717) is 25.2 Å². The third kappa shape index (κ3) is 5.14. The molecule has 0 fully saturated rings. The Morgan fingerprint density at radius 2 is 2.17 bits per heavy atom. The molecule has 0 radical (unpaired) electrons. The highest BCUT2D eigenvalue weighted by molar-refractivity contribution is 5.88. The van der Waals surface area contributed by atoms with Crippen molar-refractivity contribution in [1.82, 2.24) is 10.3 Å². The van der Waals surface area contributed by atoms with Crippen LogP contribution in [0.5, 0.6) is 0 Å². The van der Waals surface area contributed by atoms with Crippen LogP contribution in [0.4, 0.5) is 10.6 Å². The largest absolute Gasteiger partial charge is 0.393 e. The summed E-state index contributed by atoms with van der Waals surface area (Å²) < 4.78 is 0. The van der Waals surface area contributed by atoms with Gasteiger partial charge in [0.25, 0.3) is 0 Å². The van der Waals surface area contributed by atoms with Gasteiger partial charge in [0.05, 0.1) is 6.10 Å². The number of nitrogens with zero attached hydrogens (tertiary/aromatic N) is 1. The molecule has 1 atom stereocenters. The van der Waals surface area contributed by atoms with Crippen LogP contribution in [0.2, 0.25) is 0 Å². The number of carbonyl (C=O) groups is 1. The molecule has 0 aliphatic carbocycles. The highest BCUT2D eigenvalue weighted by Crippen LogP contribution is 2.08. The van der Waals surface area contributed by atoms with Crippen molar-refractivity contribution in [1.29, 1.82) is 0 Å². The first-order valence-electron chi connectivity index (χ1n) is 6.19. The zero-order valence-corrected chi connectivity index (χ0v) is 11.2. The summed E-state index contributed by atoms with van der Waals surface area (Å²) in [6.45, 7) is 6.19. The number of hydrogen-bond acceptors (Lipinski definition) is 3. The van der Waals surface area contributed by atoms with Crippen molar-refractivity contribution in [2.24, 2.45) is 0 Å². The van der Waals surface area contributed by atoms with Gasteiger partial charge in [-0.3, -0.25) is 5.32 Å². The normalized spacial score (nSPS) is 12.0. The number of aryl methyl sites for hydroxylation is 2. The van der Waals surface area contributed by atoms with Crippen molar-refractivity contribution < 1.29 is 9.90 Å². The highest BCUT2D eigenvalue weighted by atomic mass is 16.3. The van der Waals surface area contributed by atoms with Gasteiger partial charge in [-0.1, -0.05) is 6.92 Å². The van der Waals surface area contributed by atoms with Crippen LogP contribution < -0.4 is 10.6 Å². The van der Waals surface area contributed by atoms with Gasteiger partial charge in [-0.05, 0) is 44.4 Å². The smallest absolute Gasteiger partial charge is 0.320 e. The zero-order valence-electron chi connectivity index (χ0n) is 11.2. The lowest BCUT2D eigenvalue weighted by atomic mass is 10.2. The topological polar surface area (TPSA) is 74.2 Å². The predicted octanol–water partition coefficient (Wildman–Crippen LogP) is 1.98. The van der Waals surface area contributed by atoms with Crippen LogP contribution in [0, 0.1) is 13.8 Å². The lowest BCUT2D eigenvalue weighted by molar-refractivity contribution is 0.160. The molecule has 18 heavy (non-hydrogen) atoms. The summed E-state index contributed by atoms with van der Waals surface area (Å²) in [5.41, 5.74) is 1.92. The molecule has 0 aliphatic rings. The SMILES string of the molecule is CC[C@@H](O)CCNC(=O)Nc1cc(C)cc(C)n1. The van der Waals surface area contributed by atoms with E-state index >= 15 is 0 Å². The molecular weight excluding hydrogens is 230 g/mol. The maximum absolute atomic E-state index is 11.6. The van der Waals surface area contributed by atoms with Crippen LogP contribution in [0.25, 0.3) is 0 Å². The monoisotopic (exact) mass is 251 g/mol. The first-order valence-corrected chi connectivity index (χ1v) is 6.19. The summed E-state index contributed by atoms with van der Waals surface area (Å²) in [5, 5.41) is 14.7. The Kier molecular flexibility index (Phi) is 5.58. The number of aromatic nitrogens is 1. The standard InChI is InChI=1S/C13H21N3O2/c1-4-11(17)5-6-14-13(18)16-12-8-9(2)7-10(3)15-12/h7-8,11,17H,4-6H2,1-3H3,(H2,14,15,16,18)/t11-/m1/s1. The molecule has 1 rings (SSSR count). The number of anilines is 1. The van der Waals surface area contributed by atoms with Crippen molar-refractivity contribution in [2.75, 3.05) is 11.9 Å². The van der Waals surface area contributed by atoms with Gasteiger partial charge in [-0.25, -0.2) is 9.78 Å². The summed E-state index contributed by atoms with van der Waals surface area (Å²) in [5.74, 6) is 0.543. The molecule has 5 nitrogen and oxygen atoms in total. The van der Waals surface area contributed by atoms with Gasteiger partial charge < -0.3 is 10.4 Å². The van der Waals surface area contributed by atoms with Crippen LogP contribution in [0.15, 0.2) is 12.1 Å². The van der Waals surface area contributed by atoms with Gasteiger partial charge in [0, 0.05) is 12.2 Å². The number of nitrogens with one attached hydrogen (secondary N) is 2. The van der Waals surface area contributed by atoms with Gasteiger partial charge in [-0.2, -0.15) is 0 Å². The van der Waals surface area contributed by atoms with Crippen molar-refractivity contribution in [3.05, 3.63) is 23.4 Å². The molecule has 0 bridgehead atoms. The van der Waals surface area contributed by atoms with E-state index in [-0.39, 0.29) is 12.1 Å². The molecule has 0 aliphatic heterocycles. The second-order valence-corrected chi connectivity index (χ2v) is 4.40. The molecule has 3 N–H and O–H groups in total. The van der Waals surface area contributed by atoms with Gasteiger partial charge in [-0.15, -0.1) is 0 Å². The molecule has 1 aromatic rings. The first kappa shape index (κ1) is 14.4. The Labute approximate surface area is 108 Å². The van der Waals surface area contributed by atoms with E-state index in [2.05, 4.69) is 15.6 Å². The van der Waals surface area contributed by atoms with E-state index in [4.69, 9.17) is 0 Å². The van der Waals surface area contributed by atoms with Crippen LogP contribution in [-0.2, 0) is 0 Å². The Balaban J connectivity index is 2.40. The number of urea groups is 1. The Morgan fingerprint density at radius 3 is 2.78 bits per heavy atom. The van der Waals surface area contributed by atoms with Crippen molar-refractivity contribution in [2.45, 2.75) is 39.7 Å². The second kappa shape index (κ2) is 6.96. The number of aliphatic hydroxyl groups is 1. The number of hydrogen-bond donors (Lipinski definition) is 3. The lowest BCUT2D eigenvalue weighted by Gasteiger charge is -2.10. The lowest BCUT2D eigenvalue weighted by Crippen LogP contribution is -2.31. The van der Waals surface area contributed by atoms with Crippen LogP contribution in [-0.4, -0.2) is 28.8 Å². The summed E-state index contributed by atoms with van der Waals surface area (Å²) in [6, 6.07) is 3.46. The van der Waals surface area contributed by atoms with Crippen LogP contribution in [0.1, 0.15) is 31.0 Å². The number of carbonyl (C=O) groups excluding carboxylic acids is 1. The molecule has 2 amide bonds. The maximum atomic E-state index is 11.6. The third-order valence-electron chi connectivity index (χ3n) is 2.57. The predicted molar refractivity (Wildman–Crippen MR) is 71.6 cm³/mol. The Bertz CT molecular complexity index is 387. The number of rotatable bonds is 5. The molecule has 0 unspecified atom stereocenters. The molecule has 0 saturated heterocycles. The van der Waals surface area contributed by atoms with E-state index in [9.17, 15) is 9.90 Å². The molecule has 0 aromatic carbocycles. The molecule has 1 heterocycles. The van der Waals surface area contributed by atoms with Crippen LogP contribution >= 0.6 is 0 Å². The fourth-order valence-electron chi connectivity index (χ4n) is 1.62. The molecule has 0 saturated carbocycles. The average molecular weight is 251 g/mol. The second-order valence-electron chi connectivity index (χ2n) is 4.40. The number of aliphatic hydroxyl groups excluding tert-OH is 1. The Morgan fingerprint density at radius 1 is 1.44 bits per heavy atom. The van der Waals surface area contributed by atoms with Gasteiger partial charge in [0.1, 0.15) is 5.82 Å². The average Bonchev–Trinajstić information content (AvgIpc) is 2.27. The fourth-order valence-corrected chi connectivity index (χ4v) is 1.62. The molecular formula is C13H21N3O2.